The van der Waals surface area contributed by atoms with Crippen molar-refractivity contribution in [1.82, 2.24) is 44.5 Å². The summed E-state index contributed by atoms with van der Waals surface area (Å²) in [6, 6.07) is 4.77. The summed E-state index contributed by atoms with van der Waals surface area (Å²) in [6.45, 7) is 5.28. The molecule has 7 heterocycles. The monoisotopic (exact) mass is 720 g/mol. The first-order chi connectivity index (χ1) is 25.2. The normalized spacial score (nSPS) is 22.2. The van der Waals surface area contributed by atoms with E-state index in [1.54, 1.807) is 30.3 Å². The highest BCUT2D eigenvalue weighted by atomic mass is 32.1. The van der Waals surface area contributed by atoms with Crippen LogP contribution >= 0.6 is 11.3 Å². The van der Waals surface area contributed by atoms with Crippen molar-refractivity contribution in [2.45, 2.75) is 95.3 Å². The number of rotatable bonds is 5. The van der Waals surface area contributed by atoms with Gasteiger partial charge in [0, 0.05) is 43.7 Å². The average molecular weight is 721 g/mol. The number of nitrogen functional groups attached to an aromatic ring is 1. The molecule has 270 valence electrons. The number of hydrogen-bond donors (Lipinski definition) is 1. The van der Waals surface area contributed by atoms with Crippen molar-refractivity contribution in [2.24, 2.45) is 0 Å². The van der Waals surface area contributed by atoms with E-state index in [0.29, 0.717) is 46.9 Å². The number of carbonyl (C=O) groups is 1. The van der Waals surface area contributed by atoms with Gasteiger partial charge in [-0.15, -0.1) is 11.3 Å². The Morgan fingerprint density at radius 3 is 2.75 bits per heavy atom. The number of aryl methyl sites for hydroxylation is 2. The number of fused-ring (bicyclic) bond motifs is 6. The van der Waals surface area contributed by atoms with E-state index in [9.17, 15) is 10.1 Å². The molecule has 0 saturated carbocycles. The van der Waals surface area contributed by atoms with Crippen LogP contribution in [-0.2, 0) is 31.3 Å². The van der Waals surface area contributed by atoms with Crippen molar-refractivity contribution in [3.8, 4) is 17.6 Å². The van der Waals surface area contributed by atoms with E-state index < -0.39 is 5.41 Å². The van der Waals surface area contributed by atoms with Crippen molar-refractivity contribution >= 4 is 39.1 Å². The third-order valence-electron chi connectivity index (χ3n) is 12.0. The van der Waals surface area contributed by atoms with Crippen LogP contribution in [0.1, 0.15) is 101 Å². The highest BCUT2D eigenvalue weighted by Crippen LogP contribution is 2.55. The van der Waals surface area contributed by atoms with Crippen LogP contribution in [0.3, 0.4) is 0 Å². The summed E-state index contributed by atoms with van der Waals surface area (Å²) in [4.78, 5) is 30.9. The fourth-order valence-electron chi connectivity index (χ4n) is 9.46. The highest BCUT2D eigenvalue weighted by molar-refractivity contribution is 7.16. The Kier molecular flexibility index (Phi) is 7.89. The van der Waals surface area contributed by atoms with Gasteiger partial charge in [0.05, 0.1) is 40.8 Å². The van der Waals surface area contributed by atoms with E-state index >= 15 is 0 Å². The van der Waals surface area contributed by atoms with Gasteiger partial charge in [-0.3, -0.25) is 9.48 Å². The second-order valence-corrected chi connectivity index (χ2v) is 16.4. The quantitative estimate of drug-likeness (QED) is 0.262. The molecule has 1 fully saturated rings. The summed E-state index contributed by atoms with van der Waals surface area (Å²) in [5.41, 5.74) is 11.5. The molecule has 1 spiro atoms. The summed E-state index contributed by atoms with van der Waals surface area (Å²) in [5.74, 6) is 2.02. The maximum absolute atomic E-state index is 12.8. The van der Waals surface area contributed by atoms with Crippen LogP contribution in [0.2, 0.25) is 0 Å². The van der Waals surface area contributed by atoms with Crippen LogP contribution in [0.15, 0.2) is 16.8 Å². The van der Waals surface area contributed by atoms with E-state index in [-0.39, 0.29) is 11.9 Å². The summed E-state index contributed by atoms with van der Waals surface area (Å²) in [7, 11) is 5.68. The average Bonchev–Trinajstić information content (AvgIpc) is 3.97. The van der Waals surface area contributed by atoms with Gasteiger partial charge >= 0.3 is 0 Å². The first-order valence-corrected chi connectivity index (χ1v) is 19.3. The second kappa shape index (κ2) is 12.4. The lowest BCUT2D eigenvalue weighted by molar-refractivity contribution is 0.0821. The van der Waals surface area contributed by atoms with Gasteiger partial charge in [0.15, 0.2) is 28.6 Å². The molecule has 5 aromatic rings. The van der Waals surface area contributed by atoms with Crippen molar-refractivity contribution in [2.75, 3.05) is 44.9 Å². The minimum absolute atomic E-state index is 0.0920. The minimum Gasteiger partial charge on any atom is -0.389 e. The van der Waals surface area contributed by atoms with Gasteiger partial charge < -0.3 is 25.0 Å². The van der Waals surface area contributed by atoms with Gasteiger partial charge in [0.1, 0.15) is 16.9 Å². The second-order valence-electron chi connectivity index (χ2n) is 15.2. The predicted molar refractivity (Wildman–Crippen MR) is 197 cm³/mol. The molecule has 3 unspecified atom stereocenters. The van der Waals surface area contributed by atoms with Gasteiger partial charge in [0.2, 0.25) is 0 Å². The van der Waals surface area contributed by atoms with E-state index in [1.165, 1.54) is 4.88 Å². The van der Waals surface area contributed by atoms with Gasteiger partial charge in [-0.05, 0) is 89.9 Å². The Balaban J connectivity index is 1.19. The molecule has 4 aliphatic rings. The maximum atomic E-state index is 12.8. The topological polar surface area (TPSA) is 164 Å². The van der Waals surface area contributed by atoms with Crippen LogP contribution in [0.25, 0.3) is 22.6 Å². The molecule has 2 N–H and O–H groups in total. The number of carbonyl (C=O) groups excluding carboxylic acids is 1. The number of amides is 1. The molecule has 15 heteroatoms. The fourth-order valence-corrected chi connectivity index (χ4v) is 10.6. The smallest absolute Gasteiger partial charge is 0.273 e. The number of nitriles is 1. The summed E-state index contributed by atoms with van der Waals surface area (Å²) in [6.07, 6.45) is 10.4. The molecule has 3 atom stereocenters. The standard InChI is InChI=1S/C37H44N12O2S/c1-21(27-10-7-14-46(27)4)49-35-25(19-40-49)34(47-15-8-16-48-22(20-47)17-26(43-48)36(50)45(2)3)41-33(42-35)30-23-9-5-12-37(31(23)51-44-30)13-6-11-28-29(37)24(18-38)32(39)52-28/h17,19,21,27H,5-16,20,39H2,1-4H3. The minimum atomic E-state index is -0.438. The lowest BCUT2D eigenvalue weighted by atomic mass is 9.63. The molecular formula is C37H44N12O2S. The molecule has 14 nitrogen and oxygen atoms in total. The third-order valence-corrected chi connectivity index (χ3v) is 13.0. The molecule has 52 heavy (non-hydrogen) atoms. The zero-order valence-corrected chi connectivity index (χ0v) is 31.0. The summed E-state index contributed by atoms with van der Waals surface area (Å²) < 4.78 is 10.4. The first kappa shape index (κ1) is 33.1. The third kappa shape index (κ3) is 4.97. The number of anilines is 2. The molecule has 0 radical (unpaired) electrons. The van der Waals surface area contributed by atoms with Crippen molar-refractivity contribution in [3.63, 3.8) is 0 Å². The number of thiophene rings is 1. The van der Waals surface area contributed by atoms with Crippen molar-refractivity contribution < 1.29 is 9.32 Å². The molecular weight excluding hydrogens is 677 g/mol. The molecule has 5 aromatic heterocycles. The summed E-state index contributed by atoms with van der Waals surface area (Å²) >= 11 is 1.55. The number of likely N-dealkylation sites (N-methyl/N-ethyl adjacent to an activating group) is 1. The first-order valence-electron chi connectivity index (χ1n) is 18.5. The maximum Gasteiger partial charge on any atom is 0.273 e. The molecule has 9 rings (SSSR count). The Morgan fingerprint density at radius 1 is 1.15 bits per heavy atom. The largest absolute Gasteiger partial charge is 0.389 e. The van der Waals surface area contributed by atoms with E-state index in [0.717, 1.165) is 110 Å². The van der Waals surface area contributed by atoms with E-state index in [2.05, 4.69) is 39.6 Å². The van der Waals surface area contributed by atoms with Crippen LogP contribution in [0, 0.1) is 11.3 Å². The van der Waals surface area contributed by atoms with Gasteiger partial charge in [-0.2, -0.15) is 15.5 Å². The number of nitrogens with two attached hydrogens (primary N) is 1. The Labute approximate surface area is 306 Å². The Bertz CT molecular complexity index is 2250. The lowest BCUT2D eigenvalue weighted by Crippen LogP contribution is -2.35. The van der Waals surface area contributed by atoms with Crippen molar-refractivity contribution in [3.05, 3.63) is 51.0 Å². The number of nitrogens with zero attached hydrogens (tertiary/aromatic N) is 11. The molecule has 1 amide bonds. The van der Waals surface area contributed by atoms with Crippen LogP contribution in [0.5, 0.6) is 0 Å². The molecule has 2 aliphatic carbocycles. The molecule has 1 saturated heterocycles. The van der Waals surface area contributed by atoms with Crippen LogP contribution in [0.4, 0.5) is 10.8 Å². The van der Waals surface area contributed by atoms with E-state index in [4.69, 9.17) is 30.5 Å². The van der Waals surface area contributed by atoms with Crippen LogP contribution in [-0.4, -0.2) is 90.7 Å². The van der Waals surface area contributed by atoms with E-state index in [1.807, 2.05) is 16.9 Å². The zero-order valence-electron chi connectivity index (χ0n) is 30.2. The highest BCUT2D eigenvalue weighted by Gasteiger charge is 2.49. The van der Waals surface area contributed by atoms with Gasteiger partial charge in [-0.25, -0.2) is 14.6 Å². The van der Waals surface area contributed by atoms with Crippen molar-refractivity contribution in [1.29, 1.82) is 5.26 Å². The Hall–Kier alpha value is -4.81. The fraction of sp³-hybridized carbons (Fsp3) is 0.541. The number of aromatic nitrogens is 7. The lowest BCUT2D eigenvalue weighted by Gasteiger charge is -2.39. The SMILES string of the molecule is CC(C1CCCN1C)n1ncc2c(N3CCCn4nc(C(=O)N(C)C)cc4C3)nc(-c3noc4c3CCCC43CCCc4sc(N)c(C#N)c43)nc21. The molecule has 0 aromatic carbocycles. The number of likely N-dealkylation sites (tertiary alicyclic amines) is 1. The molecule has 2 aliphatic heterocycles. The van der Waals surface area contributed by atoms with Gasteiger partial charge in [-0.1, -0.05) is 5.16 Å². The Morgan fingerprint density at radius 2 is 1.98 bits per heavy atom. The summed E-state index contributed by atoms with van der Waals surface area (Å²) in [5, 5.41) is 26.1. The van der Waals surface area contributed by atoms with Gasteiger partial charge in [0.25, 0.3) is 5.91 Å². The number of hydrogen-bond acceptors (Lipinski definition) is 12. The molecule has 0 bridgehead atoms. The predicted octanol–water partition coefficient (Wildman–Crippen LogP) is 4.92. The van der Waals surface area contributed by atoms with Crippen LogP contribution < -0.4 is 10.6 Å². The zero-order chi connectivity index (χ0) is 35.9.